The summed E-state index contributed by atoms with van der Waals surface area (Å²) in [5, 5.41) is 0.453. The van der Waals surface area contributed by atoms with Crippen LogP contribution in [-0.2, 0) is 14.4 Å². The molecule has 1 heterocycles. The SMILES string of the molecule is CCN(CC)C(=O)CCC(=O)ON1C(=O)c2ccccc2C1=O. The minimum Gasteiger partial charge on any atom is -0.343 e. The second kappa shape index (κ2) is 7.04. The number of fused-ring (bicyclic) bond motifs is 1. The smallest absolute Gasteiger partial charge is 0.333 e. The van der Waals surface area contributed by atoms with E-state index >= 15 is 0 Å². The number of hydrogen-bond acceptors (Lipinski definition) is 5. The van der Waals surface area contributed by atoms with E-state index < -0.39 is 17.8 Å². The molecular formula is C16H18N2O5. The molecule has 23 heavy (non-hydrogen) atoms. The maximum atomic E-state index is 12.0. The van der Waals surface area contributed by atoms with E-state index in [-0.39, 0.29) is 29.9 Å². The summed E-state index contributed by atoms with van der Waals surface area (Å²) in [7, 11) is 0. The van der Waals surface area contributed by atoms with Crippen molar-refractivity contribution in [2.45, 2.75) is 26.7 Å². The van der Waals surface area contributed by atoms with Gasteiger partial charge in [-0.3, -0.25) is 14.4 Å². The molecule has 1 aromatic rings. The van der Waals surface area contributed by atoms with E-state index in [0.29, 0.717) is 18.2 Å². The lowest BCUT2D eigenvalue weighted by Crippen LogP contribution is -2.34. The number of hydrogen-bond donors (Lipinski definition) is 0. The van der Waals surface area contributed by atoms with Crippen molar-refractivity contribution >= 4 is 23.7 Å². The van der Waals surface area contributed by atoms with Gasteiger partial charge in [-0.2, -0.15) is 0 Å². The molecule has 2 rings (SSSR count). The largest absolute Gasteiger partial charge is 0.343 e. The van der Waals surface area contributed by atoms with Crippen LogP contribution in [0.5, 0.6) is 0 Å². The molecule has 1 aliphatic heterocycles. The number of hydroxylamine groups is 2. The number of amides is 3. The first-order valence-corrected chi connectivity index (χ1v) is 7.46. The number of imide groups is 1. The Morgan fingerprint density at radius 2 is 1.52 bits per heavy atom. The highest BCUT2D eigenvalue weighted by atomic mass is 16.7. The quantitative estimate of drug-likeness (QED) is 0.740. The molecule has 1 aliphatic rings. The van der Waals surface area contributed by atoms with Gasteiger partial charge < -0.3 is 9.74 Å². The molecule has 3 amide bonds. The lowest BCUT2D eigenvalue weighted by atomic mass is 10.1. The first kappa shape index (κ1) is 16.7. The molecule has 0 saturated heterocycles. The predicted octanol–water partition coefficient (Wildman–Crippen LogP) is 1.39. The van der Waals surface area contributed by atoms with Crippen molar-refractivity contribution in [1.82, 2.24) is 9.96 Å². The molecule has 0 saturated carbocycles. The van der Waals surface area contributed by atoms with Gasteiger partial charge in [0.05, 0.1) is 17.5 Å². The van der Waals surface area contributed by atoms with E-state index in [1.54, 1.807) is 17.0 Å². The Balaban J connectivity index is 1.93. The summed E-state index contributed by atoms with van der Waals surface area (Å²) in [5.41, 5.74) is 0.397. The molecule has 0 radical (unpaired) electrons. The summed E-state index contributed by atoms with van der Waals surface area (Å²) in [6.07, 6.45) is -0.216. The minimum atomic E-state index is -0.792. The summed E-state index contributed by atoms with van der Waals surface area (Å²) in [6.45, 7) is 4.81. The minimum absolute atomic E-state index is 0.0241. The lowest BCUT2D eigenvalue weighted by molar-refractivity contribution is -0.169. The van der Waals surface area contributed by atoms with E-state index in [1.807, 2.05) is 13.8 Å². The Hall–Kier alpha value is -2.70. The van der Waals surface area contributed by atoms with Crippen molar-refractivity contribution in [2.24, 2.45) is 0 Å². The van der Waals surface area contributed by atoms with Crippen LogP contribution in [0.4, 0.5) is 0 Å². The third-order valence-corrected chi connectivity index (χ3v) is 3.61. The number of rotatable bonds is 6. The Labute approximate surface area is 133 Å². The van der Waals surface area contributed by atoms with Crippen molar-refractivity contribution in [3.63, 3.8) is 0 Å². The van der Waals surface area contributed by atoms with Gasteiger partial charge in [-0.15, -0.1) is 0 Å². The molecule has 0 aromatic heterocycles. The molecule has 7 heteroatoms. The molecule has 0 spiro atoms. The van der Waals surface area contributed by atoms with Crippen LogP contribution < -0.4 is 0 Å². The standard InChI is InChI=1S/C16H18N2O5/c1-3-17(4-2)13(19)9-10-14(20)23-18-15(21)11-7-5-6-8-12(11)16(18)22/h5-8H,3-4,9-10H2,1-2H3. The Morgan fingerprint density at radius 3 is 2.00 bits per heavy atom. The van der Waals surface area contributed by atoms with Gasteiger partial charge in [-0.1, -0.05) is 17.2 Å². The number of nitrogens with zero attached hydrogens (tertiary/aromatic N) is 2. The Kier molecular flexibility index (Phi) is 5.10. The fraction of sp³-hybridized carbons (Fsp3) is 0.375. The third kappa shape index (κ3) is 3.39. The summed E-state index contributed by atoms with van der Waals surface area (Å²) >= 11 is 0. The maximum Gasteiger partial charge on any atom is 0.333 e. The molecule has 1 aromatic carbocycles. The molecule has 7 nitrogen and oxygen atoms in total. The van der Waals surface area contributed by atoms with Crippen LogP contribution >= 0.6 is 0 Å². The van der Waals surface area contributed by atoms with Crippen LogP contribution in [0.1, 0.15) is 47.4 Å². The van der Waals surface area contributed by atoms with E-state index in [4.69, 9.17) is 4.84 Å². The summed E-state index contributed by atoms with van der Waals surface area (Å²) in [5.74, 6) is -2.31. The second-order valence-corrected chi connectivity index (χ2v) is 4.98. The van der Waals surface area contributed by atoms with Gasteiger partial charge in [0.1, 0.15) is 0 Å². The van der Waals surface area contributed by atoms with Crippen LogP contribution in [-0.4, -0.2) is 46.7 Å². The number of carbonyl (C=O) groups is 4. The molecule has 0 bridgehead atoms. The van der Waals surface area contributed by atoms with Crippen molar-refractivity contribution in [3.05, 3.63) is 35.4 Å². The third-order valence-electron chi connectivity index (χ3n) is 3.61. The molecule has 122 valence electrons. The fourth-order valence-corrected chi connectivity index (χ4v) is 2.34. The summed E-state index contributed by atoms with van der Waals surface area (Å²) in [6, 6.07) is 6.23. The highest BCUT2D eigenvalue weighted by molar-refractivity contribution is 6.20. The van der Waals surface area contributed by atoms with Gasteiger partial charge in [-0.05, 0) is 26.0 Å². The first-order valence-electron chi connectivity index (χ1n) is 7.46. The molecule has 0 fully saturated rings. The van der Waals surface area contributed by atoms with E-state index in [0.717, 1.165) is 0 Å². The predicted molar refractivity (Wildman–Crippen MR) is 80.2 cm³/mol. The van der Waals surface area contributed by atoms with Crippen molar-refractivity contribution in [3.8, 4) is 0 Å². The average Bonchev–Trinajstić information content (AvgIpc) is 2.79. The number of benzene rings is 1. The zero-order valence-electron chi connectivity index (χ0n) is 13.1. The van der Waals surface area contributed by atoms with Crippen LogP contribution in [0.2, 0.25) is 0 Å². The normalized spacial score (nSPS) is 13.0. The number of carbonyl (C=O) groups excluding carboxylic acids is 4. The van der Waals surface area contributed by atoms with Crippen LogP contribution in [0, 0.1) is 0 Å². The van der Waals surface area contributed by atoms with Crippen molar-refractivity contribution in [1.29, 1.82) is 0 Å². The maximum absolute atomic E-state index is 12.0. The van der Waals surface area contributed by atoms with E-state index in [1.165, 1.54) is 12.1 Å². The van der Waals surface area contributed by atoms with Crippen molar-refractivity contribution < 1.29 is 24.0 Å². The second-order valence-electron chi connectivity index (χ2n) is 4.98. The van der Waals surface area contributed by atoms with Crippen LogP contribution in [0.15, 0.2) is 24.3 Å². The molecule has 0 unspecified atom stereocenters. The zero-order chi connectivity index (χ0) is 17.0. The average molecular weight is 318 g/mol. The summed E-state index contributed by atoms with van der Waals surface area (Å²) in [4.78, 5) is 54.1. The first-order chi connectivity index (χ1) is 11.0. The zero-order valence-corrected chi connectivity index (χ0v) is 13.1. The van der Waals surface area contributed by atoms with Gasteiger partial charge >= 0.3 is 5.97 Å². The van der Waals surface area contributed by atoms with Crippen LogP contribution in [0.25, 0.3) is 0 Å². The monoisotopic (exact) mass is 318 g/mol. The fourth-order valence-electron chi connectivity index (χ4n) is 2.34. The van der Waals surface area contributed by atoms with Gasteiger partial charge in [0, 0.05) is 19.5 Å². The Bertz CT molecular complexity index is 617. The van der Waals surface area contributed by atoms with Crippen LogP contribution in [0.3, 0.4) is 0 Å². The van der Waals surface area contributed by atoms with E-state index in [9.17, 15) is 19.2 Å². The topological polar surface area (TPSA) is 84.0 Å². The molecule has 0 atom stereocenters. The van der Waals surface area contributed by atoms with Gasteiger partial charge in [-0.25, -0.2) is 4.79 Å². The highest BCUT2D eigenvalue weighted by Crippen LogP contribution is 2.22. The Morgan fingerprint density at radius 1 is 1.00 bits per heavy atom. The summed E-state index contributed by atoms with van der Waals surface area (Å²) < 4.78 is 0. The van der Waals surface area contributed by atoms with Gasteiger partial charge in [0.15, 0.2) is 0 Å². The molecule has 0 N–H and O–H groups in total. The van der Waals surface area contributed by atoms with Crippen molar-refractivity contribution in [2.75, 3.05) is 13.1 Å². The lowest BCUT2D eigenvalue weighted by Gasteiger charge is -2.18. The van der Waals surface area contributed by atoms with Gasteiger partial charge in [0.25, 0.3) is 11.8 Å². The molecule has 0 aliphatic carbocycles. The van der Waals surface area contributed by atoms with E-state index in [2.05, 4.69) is 0 Å². The highest BCUT2D eigenvalue weighted by Gasteiger charge is 2.38. The van der Waals surface area contributed by atoms with Gasteiger partial charge in [0.2, 0.25) is 5.91 Å². The molecular weight excluding hydrogens is 300 g/mol.